The smallest absolute Gasteiger partial charge is 0.234 e. The van der Waals surface area contributed by atoms with Crippen molar-refractivity contribution in [3.8, 4) is 11.5 Å². The molecule has 2 aromatic rings. The van der Waals surface area contributed by atoms with Gasteiger partial charge in [-0.3, -0.25) is 4.79 Å². The molecule has 0 saturated heterocycles. The van der Waals surface area contributed by atoms with Crippen LogP contribution in [0.15, 0.2) is 51.2 Å². The van der Waals surface area contributed by atoms with Crippen LogP contribution in [0, 0.1) is 5.92 Å². The lowest BCUT2D eigenvalue weighted by Crippen LogP contribution is -2.21. The normalized spacial score (nSPS) is 18.0. The SMILES string of the molecule is CCC1C(SCC(=O)Nc2ccc3c(c2)OCCO3)=NN=C1c1ccco1. The first kappa shape index (κ1) is 17.7. The highest BCUT2D eigenvalue weighted by Crippen LogP contribution is 2.33. The monoisotopic (exact) mass is 385 g/mol. The van der Waals surface area contributed by atoms with Crippen LogP contribution in [0.1, 0.15) is 19.1 Å². The molecule has 1 unspecified atom stereocenters. The summed E-state index contributed by atoms with van der Waals surface area (Å²) < 4.78 is 16.5. The standard InChI is InChI=1S/C19H19N3O4S/c1-2-13-18(15-4-3-7-24-15)21-22-19(13)27-11-17(23)20-12-5-6-14-16(10-12)26-9-8-25-14/h3-7,10,13H,2,8-9,11H2,1H3,(H,20,23). The lowest BCUT2D eigenvalue weighted by Gasteiger charge is -2.19. The molecule has 140 valence electrons. The average Bonchev–Trinajstić information content (AvgIpc) is 3.35. The minimum absolute atomic E-state index is 0.0586. The van der Waals surface area contributed by atoms with E-state index in [1.54, 1.807) is 24.5 Å². The van der Waals surface area contributed by atoms with Gasteiger partial charge in [0.2, 0.25) is 5.91 Å². The Kier molecular flexibility index (Phi) is 5.15. The van der Waals surface area contributed by atoms with Gasteiger partial charge in [0.15, 0.2) is 17.3 Å². The summed E-state index contributed by atoms with van der Waals surface area (Å²) in [6.07, 6.45) is 2.46. The Morgan fingerprint density at radius 1 is 1.22 bits per heavy atom. The molecule has 0 bridgehead atoms. The Balaban J connectivity index is 1.33. The third-order valence-electron chi connectivity index (χ3n) is 4.24. The molecule has 1 aromatic heterocycles. The molecule has 1 atom stereocenters. The van der Waals surface area contributed by atoms with Crippen molar-refractivity contribution in [2.45, 2.75) is 13.3 Å². The van der Waals surface area contributed by atoms with Crippen molar-refractivity contribution < 1.29 is 18.7 Å². The number of hydrogen-bond acceptors (Lipinski definition) is 7. The summed E-state index contributed by atoms with van der Waals surface area (Å²) in [4.78, 5) is 12.3. The van der Waals surface area contributed by atoms with E-state index in [9.17, 15) is 4.79 Å². The van der Waals surface area contributed by atoms with E-state index < -0.39 is 0 Å². The van der Waals surface area contributed by atoms with Crippen LogP contribution in [0.3, 0.4) is 0 Å². The van der Waals surface area contributed by atoms with E-state index in [-0.39, 0.29) is 17.6 Å². The third kappa shape index (κ3) is 3.85. The van der Waals surface area contributed by atoms with Crippen molar-refractivity contribution in [1.82, 2.24) is 0 Å². The number of furan rings is 1. The first-order valence-corrected chi connectivity index (χ1v) is 9.74. The Labute approximate surface area is 160 Å². The van der Waals surface area contributed by atoms with Gasteiger partial charge in [0, 0.05) is 11.8 Å². The molecule has 2 aliphatic heterocycles. The number of benzene rings is 1. The zero-order chi connectivity index (χ0) is 18.6. The number of anilines is 1. The number of ether oxygens (including phenoxy) is 2. The molecule has 7 nitrogen and oxygen atoms in total. The minimum Gasteiger partial charge on any atom is -0.486 e. The van der Waals surface area contributed by atoms with Gasteiger partial charge >= 0.3 is 0 Å². The number of rotatable bonds is 5. The minimum atomic E-state index is -0.110. The second-order valence-corrected chi connectivity index (χ2v) is 7.05. The van der Waals surface area contributed by atoms with Crippen LogP contribution >= 0.6 is 11.8 Å². The fraction of sp³-hybridized carbons (Fsp3) is 0.316. The van der Waals surface area contributed by atoms with Gasteiger partial charge in [0.05, 0.1) is 17.9 Å². The van der Waals surface area contributed by atoms with Gasteiger partial charge in [-0.25, -0.2) is 0 Å². The van der Waals surface area contributed by atoms with Gasteiger partial charge in [0.25, 0.3) is 0 Å². The van der Waals surface area contributed by atoms with E-state index in [2.05, 4.69) is 22.4 Å². The Morgan fingerprint density at radius 3 is 2.85 bits per heavy atom. The number of nitrogens with one attached hydrogen (secondary N) is 1. The number of fused-ring (bicyclic) bond motifs is 1. The van der Waals surface area contributed by atoms with Crippen molar-refractivity contribution in [3.63, 3.8) is 0 Å². The molecule has 0 saturated carbocycles. The second kappa shape index (κ2) is 7.87. The number of thioether (sulfide) groups is 1. The van der Waals surface area contributed by atoms with Crippen molar-refractivity contribution >= 4 is 34.1 Å². The topological polar surface area (TPSA) is 85.4 Å². The largest absolute Gasteiger partial charge is 0.486 e. The van der Waals surface area contributed by atoms with Gasteiger partial charge in [-0.15, -0.1) is 5.10 Å². The van der Waals surface area contributed by atoms with Crippen LogP contribution < -0.4 is 14.8 Å². The van der Waals surface area contributed by atoms with Crippen molar-refractivity contribution in [2.75, 3.05) is 24.3 Å². The predicted molar refractivity (Wildman–Crippen MR) is 105 cm³/mol. The molecule has 27 heavy (non-hydrogen) atoms. The number of carbonyl (C=O) groups is 1. The number of amides is 1. The highest BCUT2D eigenvalue weighted by molar-refractivity contribution is 8.14. The van der Waals surface area contributed by atoms with Crippen molar-refractivity contribution in [2.24, 2.45) is 16.1 Å². The molecule has 3 heterocycles. The third-order valence-corrected chi connectivity index (χ3v) is 5.31. The summed E-state index contributed by atoms with van der Waals surface area (Å²) in [6.45, 7) is 3.12. The first-order valence-electron chi connectivity index (χ1n) is 8.76. The van der Waals surface area contributed by atoms with Crippen LogP contribution in [0.2, 0.25) is 0 Å². The van der Waals surface area contributed by atoms with E-state index >= 15 is 0 Å². The van der Waals surface area contributed by atoms with E-state index in [0.29, 0.717) is 30.4 Å². The molecular weight excluding hydrogens is 366 g/mol. The van der Waals surface area contributed by atoms with Crippen LogP contribution in [0.5, 0.6) is 11.5 Å². The Morgan fingerprint density at radius 2 is 2.07 bits per heavy atom. The second-order valence-electron chi connectivity index (χ2n) is 6.06. The lowest BCUT2D eigenvalue weighted by atomic mass is 10.0. The van der Waals surface area contributed by atoms with Crippen LogP contribution in [0.4, 0.5) is 5.69 Å². The number of hydrogen-bond donors (Lipinski definition) is 1. The van der Waals surface area contributed by atoms with Gasteiger partial charge < -0.3 is 19.2 Å². The van der Waals surface area contributed by atoms with Crippen molar-refractivity contribution in [3.05, 3.63) is 42.4 Å². The molecule has 8 heteroatoms. The zero-order valence-corrected chi connectivity index (χ0v) is 15.6. The van der Waals surface area contributed by atoms with E-state index in [1.165, 1.54) is 11.8 Å². The number of nitrogens with zero attached hydrogens (tertiary/aromatic N) is 2. The fourth-order valence-corrected chi connectivity index (χ4v) is 3.89. The van der Waals surface area contributed by atoms with Crippen molar-refractivity contribution in [1.29, 1.82) is 0 Å². The lowest BCUT2D eigenvalue weighted by molar-refractivity contribution is -0.113. The van der Waals surface area contributed by atoms with E-state index in [4.69, 9.17) is 13.9 Å². The Bertz CT molecular complexity index is 892. The summed E-state index contributed by atoms with van der Waals surface area (Å²) in [5.74, 6) is 2.27. The summed E-state index contributed by atoms with van der Waals surface area (Å²) in [6, 6.07) is 9.08. The quantitative estimate of drug-likeness (QED) is 0.850. The Hall–Kier alpha value is -2.74. The maximum Gasteiger partial charge on any atom is 0.234 e. The van der Waals surface area contributed by atoms with Crippen LogP contribution in [0.25, 0.3) is 0 Å². The van der Waals surface area contributed by atoms with Crippen LogP contribution in [-0.4, -0.2) is 35.6 Å². The van der Waals surface area contributed by atoms with E-state index in [1.807, 2.05) is 12.1 Å². The van der Waals surface area contributed by atoms with Gasteiger partial charge in [-0.1, -0.05) is 18.7 Å². The van der Waals surface area contributed by atoms with Crippen LogP contribution in [-0.2, 0) is 4.79 Å². The maximum atomic E-state index is 12.3. The predicted octanol–water partition coefficient (Wildman–Crippen LogP) is 3.57. The van der Waals surface area contributed by atoms with Gasteiger partial charge in [0.1, 0.15) is 24.0 Å². The van der Waals surface area contributed by atoms with Gasteiger partial charge in [-0.2, -0.15) is 5.10 Å². The molecule has 4 rings (SSSR count). The maximum absolute atomic E-state index is 12.3. The summed E-state index contributed by atoms with van der Waals surface area (Å²) >= 11 is 1.40. The first-order chi connectivity index (χ1) is 13.2. The molecule has 0 radical (unpaired) electrons. The molecule has 0 fully saturated rings. The molecule has 0 aliphatic carbocycles. The van der Waals surface area contributed by atoms with E-state index in [0.717, 1.165) is 22.9 Å². The molecule has 1 amide bonds. The zero-order valence-electron chi connectivity index (χ0n) is 14.8. The number of carbonyl (C=O) groups excluding carboxylic acids is 1. The average molecular weight is 385 g/mol. The molecule has 1 aromatic carbocycles. The van der Waals surface area contributed by atoms with Gasteiger partial charge in [-0.05, 0) is 30.7 Å². The molecule has 1 N–H and O–H groups in total. The summed E-state index contributed by atoms with van der Waals surface area (Å²) in [5, 5.41) is 12.2. The highest BCUT2D eigenvalue weighted by atomic mass is 32.2. The molecular formula is C19H19N3O4S. The summed E-state index contributed by atoms with van der Waals surface area (Å²) in [5.41, 5.74) is 1.50. The summed E-state index contributed by atoms with van der Waals surface area (Å²) in [7, 11) is 0. The molecule has 0 spiro atoms. The fourth-order valence-electron chi connectivity index (χ4n) is 2.96. The molecule has 2 aliphatic rings. The highest BCUT2D eigenvalue weighted by Gasteiger charge is 2.29.